The molecule has 0 bridgehead atoms. The molecule has 0 radical (unpaired) electrons. The van der Waals surface area contributed by atoms with Crippen LogP contribution in [0.3, 0.4) is 0 Å². The van der Waals surface area contributed by atoms with Crippen LogP contribution >= 0.6 is 0 Å². The number of rotatable bonds is 2. The zero-order valence-electron chi connectivity index (χ0n) is 11.4. The number of hydrogen-bond donors (Lipinski definition) is 0. The van der Waals surface area contributed by atoms with E-state index in [4.69, 9.17) is 4.74 Å². The summed E-state index contributed by atoms with van der Waals surface area (Å²) in [6, 6.07) is 11.7. The number of ether oxygens (including phenoxy) is 1. The number of fused-ring (bicyclic) bond motifs is 3. The molecule has 5 nitrogen and oxygen atoms in total. The summed E-state index contributed by atoms with van der Waals surface area (Å²) in [5.74, 6) is 1.54. The van der Waals surface area contributed by atoms with E-state index in [9.17, 15) is 0 Å². The van der Waals surface area contributed by atoms with Gasteiger partial charge in [-0.2, -0.15) is 0 Å². The Labute approximate surface area is 120 Å². The van der Waals surface area contributed by atoms with Gasteiger partial charge in [0.1, 0.15) is 22.6 Å². The smallest absolute Gasteiger partial charge is 0.139 e. The average molecular weight is 276 g/mol. The van der Waals surface area contributed by atoms with Crippen molar-refractivity contribution in [2.45, 2.75) is 0 Å². The lowest BCUT2D eigenvalue weighted by atomic mass is 10.3. The fourth-order valence-electron chi connectivity index (χ4n) is 2.52. The highest BCUT2D eigenvalue weighted by Crippen LogP contribution is 2.30. The molecular formula is C16H12N4O. The minimum atomic E-state index is 0.711. The monoisotopic (exact) mass is 276 g/mol. The summed E-state index contributed by atoms with van der Waals surface area (Å²) in [6.07, 6.45) is 5.26. The third-order valence-electron chi connectivity index (χ3n) is 3.45. The van der Waals surface area contributed by atoms with Gasteiger partial charge in [0.05, 0.1) is 24.3 Å². The van der Waals surface area contributed by atoms with E-state index in [-0.39, 0.29) is 0 Å². The van der Waals surface area contributed by atoms with Crippen molar-refractivity contribution in [3.8, 4) is 11.6 Å². The summed E-state index contributed by atoms with van der Waals surface area (Å²) in [4.78, 5) is 13.4. The van der Waals surface area contributed by atoms with E-state index in [1.807, 2.05) is 41.0 Å². The number of aromatic nitrogens is 4. The summed E-state index contributed by atoms with van der Waals surface area (Å²) >= 11 is 0. The Morgan fingerprint density at radius 1 is 0.905 bits per heavy atom. The Morgan fingerprint density at radius 3 is 2.57 bits per heavy atom. The van der Waals surface area contributed by atoms with Crippen molar-refractivity contribution in [1.29, 1.82) is 0 Å². The molecule has 4 heterocycles. The molecule has 0 saturated heterocycles. The van der Waals surface area contributed by atoms with Gasteiger partial charge in [0.25, 0.3) is 0 Å². The Balaban J connectivity index is 2.19. The molecule has 0 aliphatic carbocycles. The highest BCUT2D eigenvalue weighted by atomic mass is 16.5. The van der Waals surface area contributed by atoms with Crippen LogP contribution in [-0.2, 0) is 0 Å². The topological polar surface area (TPSA) is 52.8 Å². The average Bonchev–Trinajstić information content (AvgIpc) is 2.89. The van der Waals surface area contributed by atoms with E-state index in [2.05, 4.69) is 15.0 Å². The second-order valence-electron chi connectivity index (χ2n) is 4.64. The van der Waals surface area contributed by atoms with E-state index in [1.54, 1.807) is 25.7 Å². The van der Waals surface area contributed by atoms with Gasteiger partial charge >= 0.3 is 0 Å². The third-order valence-corrected chi connectivity index (χ3v) is 3.45. The molecule has 0 aliphatic heterocycles. The standard InChI is InChI=1S/C16H12N4O/c1-21-11-9-13-16(19-10-11)15-12(5-4-8-18-15)20(13)14-6-2-3-7-17-14/h2-10H,1H3. The minimum absolute atomic E-state index is 0.711. The highest BCUT2D eigenvalue weighted by Gasteiger charge is 2.15. The lowest BCUT2D eigenvalue weighted by Crippen LogP contribution is -1.96. The van der Waals surface area contributed by atoms with Crippen molar-refractivity contribution in [3.05, 3.63) is 55.0 Å². The van der Waals surface area contributed by atoms with Crippen molar-refractivity contribution in [2.75, 3.05) is 7.11 Å². The lowest BCUT2D eigenvalue weighted by Gasteiger charge is -2.06. The molecular weight excluding hydrogens is 264 g/mol. The van der Waals surface area contributed by atoms with E-state index in [1.165, 1.54) is 0 Å². The second kappa shape index (κ2) is 4.56. The first-order valence-corrected chi connectivity index (χ1v) is 6.59. The van der Waals surface area contributed by atoms with E-state index in [0.717, 1.165) is 27.9 Å². The van der Waals surface area contributed by atoms with Crippen molar-refractivity contribution in [3.63, 3.8) is 0 Å². The van der Waals surface area contributed by atoms with Gasteiger partial charge in [-0.15, -0.1) is 0 Å². The second-order valence-corrected chi connectivity index (χ2v) is 4.64. The van der Waals surface area contributed by atoms with Gasteiger partial charge in [-0.3, -0.25) is 9.55 Å². The van der Waals surface area contributed by atoms with Crippen LogP contribution in [0.4, 0.5) is 0 Å². The first kappa shape index (κ1) is 11.8. The van der Waals surface area contributed by atoms with Crippen molar-refractivity contribution in [1.82, 2.24) is 19.5 Å². The number of pyridine rings is 3. The van der Waals surface area contributed by atoms with Crippen molar-refractivity contribution < 1.29 is 4.74 Å². The van der Waals surface area contributed by atoms with Crippen molar-refractivity contribution >= 4 is 22.1 Å². The maximum absolute atomic E-state index is 5.29. The summed E-state index contributed by atoms with van der Waals surface area (Å²) in [5.41, 5.74) is 3.62. The number of nitrogens with zero attached hydrogens (tertiary/aromatic N) is 4. The Bertz CT molecular complexity index is 931. The van der Waals surface area contributed by atoms with Gasteiger partial charge in [-0.25, -0.2) is 9.97 Å². The quantitative estimate of drug-likeness (QED) is 0.565. The SMILES string of the molecule is COc1cnc2c3ncccc3n(-c3ccccn3)c2c1. The number of hydrogen-bond acceptors (Lipinski definition) is 4. The van der Waals surface area contributed by atoms with Gasteiger partial charge in [0.15, 0.2) is 0 Å². The highest BCUT2D eigenvalue weighted by molar-refractivity contribution is 6.04. The predicted molar refractivity (Wildman–Crippen MR) is 80.7 cm³/mol. The molecule has 0 unspecified atom stereocenters. The molecule has 0 aliphatic rings. The molecule has 21 heavy (non-hydrogen) atoms. The zero-order chi connectivity index (χ0) is 14.2. The van der Waals surface area contributed by atoms with Gasteiger partial charge in [-0.05, 0) is 24.3 Å². The molecule has 4 aromatic heterocycles. The minimum Gasteiger partial charge on any atom is -0.495 e. The van der Waals surface area contributed by atoms with E-state index >= 15 is 0 Å². The molecule has 0 fully saturated rings. The zero-order valence-corrected chi connectivity index (χ0v) is 11.4. The summed E-state index contributed by atoms with van der Waals surface area (Å²) in [5, 5.41) is 0. The van der Waals surface area contributed by atoms with Crippen LogP contribution in [0.2, 0.25) is 0 Å². The molecule has 5 heteroatoms. The normalized spacial score (nSPS) is 11.1. The molecule has 4 aromatic rings. The van der Waals surface area contributed by atoms with Gasteiger partial charge < -0.3 is 4.74 Å². The molecule has 0 saturated carbocycles. The maximum atomic E-state index is 5.29. The molecule has 0 aromatic carbocycles. The van der Waals surface area contributed by atoms with Crippen LogP contribution in [0.25, 0.3) is 27.9 Å². The number of methoxy groups -OCH3 is 1. The summed E-state index contributed by atoms with van der Waals surface area (Å²) in [7, 11) is 1.63. The van der Waals surface area contributed by atoms with Gasteiger partial charge in [0, 0.05) is 18.5 Å². The lowest BCUT2D eigenvalue weighted by molar-refractivity contribution is 0.413. The molecule has 0 amide bonds. The van der Waals surface area contributed by atoms with Crippen LogP contribution in [-0.4, -0.2) is 26.6 Å². The van der Waals surface area contributed by atoms with Gasteiger partial charge in [-0.1, -0.05) is 6.07 Å². The largest absolute Gasteiger partial charge is 0.495 e. The molecule has 0 N–H and O–H groups in total. The summed E-state index contributed by atoms with van der Waals surface area (Å²) < 4.78 is 7.34. The Hall–Kier alpha value is -2.95. The first-order valence-electron chi connectivity index (χ1n) is 6.59. The molecule has 4 rings (SSSR count). The van der Waals surface area contributed by atoms with E-state index < -0.39 is 0 Å². The molecule has 102 valence electrons. The fraction of sp³-hybridized carbons (Fsp3) is 0.0625. The van der Waals surface area contributed by atoms with Crippen LogP contribution in [0, 0.1) is 0 Å². The third kappa shape index (κ3) is 1.74. The van der Waals surface area contributed by atoms with Crippen LogP contribution in [0.15, 0.2) is 55.0 Å². The molecule has 0 atom stereocenters. The predicted octanol–water partition coefficient (Wildman–Crippen LogP) is 2.98. The van der Waals surface area contributed by atoms with E-state index in [0.29, 0.717) is 5.75 Å². The first-order chi connectivity index (χ1) is 10.4. The fourth-order valence-corrected chi connectivity index (χ4v) is 2.52. The Kier molecular flexibility index (Phi) is 2.57. The van der Waals surface area contributed by atoms with Crippen LogP contribution in [0.1, 0.15) is 0 Å². The summed E-state index contributed by atoms with van der Waals surface area (Å²) in [6.45, 7) is 0. The molecule has 0 spiro atoms. The van der Waals surface area contributed by atoms with Crippen LogP contribution < -0.4 is 4.74 Å². The maximum Gasteiger partial charge on any atom is 0.139 e. The van der Waals surface area contributed by atoms with Crippen LogP contribution in [0.5, 0.6) is 5.75 Å². The Morgan fingerprint density at radius 2 is 1.76 bits per heavy atom. The van der Waals surface area contributed by atoms with Gasteiger partial charge in [0.2, 0.25) is 0 Å². The van der Waals surface area contributed by atoms with Crippen molar-refractivity contribution in [2.24, 2.45) is 0 Å².